The maximum absolute atomic E-state index is 12.8. The van der Waals surface area contributed by atoms with Crippen molar-refractivity contribution in [1.29, 1.82) is 0 Å². The minimum Gasteiger partial charge on any atom is -0.448 e. The van der Waals surface area contributed by atoms with Gasteiger partial charge in [0.2, 0.25) is 0 Å². The molecule has 4 rings (SSSR count). The Labute approximate surface area is 208 Å². The van der Waals surface area contributed by atoms with E-state index in [1.165, 1.54) is 12.1 Å². The quantitative estimate of drug-likeness (QED) is 0.227. The van der Waals surface area contributed by atoms with Gasteiger partial charge in [0.25, 0.3) is 0 Å². The number of carbonyl (C=O) groups excluding carboxylic acids is 3. The van der Waals surface area contributed by atoms with Crippen molar-refractivity contribution >= 4 is 29.5 Å². The summed E-state index contributed by atoms with van der Waals surface area (Å²) in [7, 11) is 0. The molecule has 1 aliphatic carbocycles. The number of hydrogen-bond donors (Lipinski definition) is 2. The molecule has 8 heteroatoms. The number of ether oxygens (including phenoxy) is 3. The number of para-hydroxylation sites is 1. The molecule has 0 atom stereocenters. The maximum Gasteiger partial charge on any atom is 0.412 e. The van der Waals surface area contributed by atoms with E-state index in [2.05, 4.69) is 29.3 Å². The second-order valence-electron chi connectivity index (χ2n) is 7.97. The standard InChI is InChI=1S/C28H26N2O6/c1-3-16-34-27(32)29-23-14-9-15-24(26(23)36-25(31)4-2)30-28(33)35-17-22-20-12-7-5-10-18(20)19-11-6-8-13-21(19)22/h3,5-15,22H,1,4,16-17H2,2H3,(H,29,32)(H,30,33). The molecule has 0 fully saturated rings. The molecule has 2 amide bonds. The Hall–Kier alpha value is -4.59. The van der Waals surface area contributed by atoms with E-state index in [1.54, 1.807) is 19.1 Å². The molecule has 184 valence electrons. The van der Waals surface area contributed by atoms with Crippen LogP contribution in [-0.2, 0) is 14.3 Å². The van der Waals surface area contributed by atoms with E-state index in [1.807, 2.05) is 36.4 Å². The van der Waals surface area contributed by atoms with Crippen molar-refractivity contribution in [3.05, 3.63) is 90.5 Å². The van der Waals surface area contributed by atoms with Crippen molar-refractivity contribution in [2.45, 2.75) is 19.3 Å². The molecule has 0 spiro atoms. The van der Waals surface area contributed by atoms with Gasteiger partial charge in [0, 0.05) is 12.3 Å². The minimum atomic E-state index is -0.762. The van der Waals surface area contributed by atoms with Crippen LogP contribution in [0.5, 0.6) is 5.75 Å². The molecule has 0 saturated carbocycles. The van der Waals surface area contributed by atoms with E-state index in [4.69, 9.17) is 14.2 Å². The average molecular weight is 487 g/mol. The Balaban J connectivity index is 1.50. The zero-order valence-electron chi connectivity index (χ0n) is 19.8. The van der Waals surface area contributed by atoms with Gasteiger partial charge in [-0.15, -0.1) is 0 Å². The Morgan fingerprint density at radius 2 is 1.39 bits per heavy atom. The van der Waals surface area contributed by atoms with Crippen molar-refractivity contribution in [3.63, 3.8) is 0 Å². The summed E-state index contributed by atoms with van der Waals surface area (Å²) in [5, 5.41) is 5.13. The molecule has 0 saturated heterocycles. The topological polar surface area (TPSA) is 103 Å². The third-order valence-corrected chi connectivity index (χ3v) is 5.67. The lowest BCUT2D eigenvalue weighted by Crippen LogP contribution is -2.20. The van der Waals surface area contributed by atoms with Crippen LogP contribution in [0.3, 0.4) is 0 Å². The number of amides is 2. The van der Waals surface area contributed by atoms with Gasteiger partial charge in [-0.1, -0.05) is 74.2 Å². The van der Waals surface area contributed by atoms with Crippen LogP contribution in [0.4, 0.5) is 21.0 Å². The van der Waals surface area contributed by atoms with Gasteiger partial charge in [-0.2, -0.15) is 0 Å². The van der Waals surface area contributed by atoms with Crippen LogP contribution in [0.2, 0.25) is 0 Å². The highest BCUT2D eigenvalue weighted by Gasteiger charge is 2.29. The molecule has 0 aromatic heterocycles. The van der Waals surface area contributed by atoms with Gasteiger partial charge in [-0.05, 0) is 34.4 Å². The van der Waals surface area contributed by atoms with E-state index in [0.717, 1.165) is 22.3 Å². The lowest BCUT2D eigenvalue weighted by molar-refractivity contribution is -0.133. The molecule has 0 radical (unpaired) electrons. The maximum atomic E-state index is 12.8. The number of rotatable bonds is 8. The summed E-state index contributed by atoms with van der Waals surface area (Å²) in [5.41, 5.74) is 4.75. The summed E-state index contributed by atoms with van der Waals surface area (Å²) in [6.07, 6.45) is 0.0332. The average Bonchev–Trinajstić information content (AvgIpc) is 3.21. The molecule has 2 N–H and O–H groups in total. The van der Waals surface area contributed by atoms with E-state index >= 15 is 0 Å². The first-order chi connectivity index (χ1) is 17.5. The molecular weight excluding hydrogens is 460 g/mol. The van der Waals surface area contributed by atoms with E-state index in [0.29, 0.717) is 0 Å². The number of benzene rings is 3. The third-order valence-electron chi connectivity index (χ3n) is 5.67. The predicted octanol–water partition coefficient (Wildman–Crippen LogP) is 6.10. The van der Waals surface area contributed by atoms with E-state index in [9.17, 15) is 14.4 Å². The van der Waals surface area contributed by atoms with Crippen molar-refractivity contribution in [1.82, 2.24) is 0 Å². The first-order valence-corrected chi connectivity index (χ1v) is 11.5. The number of esters is 1. The normalized spacial score (nSPS) is 11.6. The zero-order chi connectivity index (χ0) is 25.5. The molecule has 8 nitrogen and oxygen atoms in total. The fourth-order valence-electron chi connectivity index (χ4n) is 4.05. The molecule has 0 aliphatic heterocycles. The van der Waals surface area contributed by atoms with E-state index < -0.39 is 18.2 Å². The molecule has 0 bridgehead atoms. The fourth-order valence-corrected chi connectivity index (χ4v) is 4.05. The van der Waals surface area contributed by atoms with Gasteiger partial charge in [0.1, 0.15) is 13.2 Å². The van der Waals surface area contributed by atoms with E-state index in [-0.39, 0.29) is 42.7 Å². The summed E-state index contributed by atoms with van der Waals surface area (Å²) >= 11 is 0. The molecule has 3 aromatic rings. The zero-order valence-corrected chi connectivity index (χ0v) is 19.8. The van der Waals surface area contributed by atoms with Gasteiger partial charge >= 0.3 is 18.2 Å². The number of fused-ring (bicyclic) bond motifs is 3. The second-order valence-corrected chi connectivity index (χ2v) is 7.97. The van der Waals surface area contributed by atoms with Gasteiger partial charge in [-0.25, -0.2) is 9.59 Å². The van der Waals surface area contributed by atoms with Crippen molar-refractivity contribution < 1.29 is 28.6 Å². The SMILES string of the molecule is C=CCOC(=O)Nc1cccc(NC(=O)OCC2c3ccccc3-c3ccccc32)c1OC(=O)CC. The number of hydrogen-bond acceptors (Lipinski definition) is 6. The summed E-state index contributed by atoms with van der Waals surface area (Å²) in [5.74, 6) is -0.666. The molecule has 3 aromatic carbocycles. The van der Waals surface area contributed by atoms with Crippen LogP contribution in [0.15, 0.2) is 79.4 Å². The monoisotopic (exact) mass is 486 g/mol. The number of carbonyl (C=O) groups is 3. The Kier molecular flexibility index (Phi) is 7.65. The Morgan fingerprint density at radius 3 is 1.94 bits per heavy atom. The minimum absolute atomic E-state index is 0.00754. The van der Waals surface area contributed by atoms with Crippen LogP contribution in [0, 0.1) is 0 Å². The first kappa shape index (κ1) is 24.5. The lowest BCUT2D eigenvalue weighted by atomic mass is 9.98. The predicted molar refractivity (Wildman–Crippen MR) is 136 cm³/mol. The highest BCUT2D eigenvalue weighted by atomic mass is 16.6. The molecule has 1 aliphatic rings. The van der Waals surface area contributed by atoms with Crippen molar-refractivity contribution in [3.8, 4) is 16.9 Å². The van der Waals surface area contributed by atoms with Crippen LogP contribution in [0.25, 0.3) is 11.1 Å². The smallest absolute Gasteiger partial charge is 0.412 e. The molecular formula is C28H26N2O6. The van der Waals surface area contributed by atoms with Crippen molar-refractivity contribution in [2.75, 3.05) is 23.8 Å². The molecule has 36 heavy (non-hydrogen) atoms. The Bertz CT molecular complexity index is 1260. The summed E-state index contributed by atoms with van der Waals surface area (Å²) in [6.45, 7) is 5.25. The van der Waals surface area contributed by atoms with Crippen LogP contribution in [0.1, 0.15) is 30.4 Å². The van der Waals surface area contributed by atoms with Gasteiger partial charge in [-0.3, -0.25) is 15.4 Å². The Morgan fingerprint density at radius 1 is 0.833 bits per heavy atom. The van der Waals surface area contributed by atoms with Gasteiger partial charge in [0.15, 0.2) is 5.75 Å². The number of anilines is 2. The summed E-state index contributed by atoms with van der Waals surface area (Å²) in [6, 6.07) is 20.7. The summed E-state index contributed by atoms with van der Waals surface area (Å²) < 4.78 is 15.9. The van der Waals surface area contributed by atoms with Gasteiger partial charge in [0.05, 0.1) is 11.4 Å². The molecule has 0 unspecified atom stereocenters. The number of nitrogens with one attached hydrogen (secondary N) is 2. The van der Waals surface area contributed by atoms with Crippen LogP contribution in [-0.4, -0.2) is 31.4 Å². The molecule has 0 heterocycles. The summed E-state index contributed by atoms with van der Waals surface area (Å²) in [4.78, 5) is 36.8. The van der Waals surface area contributed by atoms with Crippen molar-refractivity contribution in [2.24, 2.45) is 0 Å². The third kappa shape index (κ3) is 5.38. The van der Waals surface area contributed by atoms with Gasteiger partial charge < -0.3 is 14.2 Å². The second kappa shape index (κ2) is 11.2. The van der Waals surface area contributed by atoms with Crippen LogP contribution < -0.4 is 15.4 Å². The highest BCUT2D eigenvalue weighted by molar-refractivity contribution is 5.94. The highest BCUT2D eigenvalue weighted by Crippen LogP contribution is 2.44. The largest absolute Gasteiger partial charge is 0.448 e. The lowest BCUT2D eigenvalue weighted by Gasteiger charge is -2.17. The van der Waals surface area contributed by atoms with Crippen LogP contribution >= 0.6 is 0 Å². The fraction of sp³-hybridized carbons (Fsp3) is 0.179. The first-order valence-electron chi connectivity index (χ1n) is 11.5.